The van der Waals surface area contributed by atoms with Crippen LogP contribution in [0.25, 0.3) is 0 Å². The normalized spacial score (nSPS) is 10.3. The average molecular weight is 347 g/mol. The van der Waals surface area contributed by atoms with Crippen molar-refractivity contribution in [3.8, 4) is 5.75 Å². The fourth-order valence-corrected chi connectivity index (χ4v) is 2.56. The molecule has 0 radical (unpaired) electrons. The van der Waals surface area contributed by atoms with E-state index in [1.54, 1.807) is 24.3 Å². The number of hydrogen-bond donors (Lipinski definition) is 2. The average Bonchev–Trinajstić information content (AvgIpc) is 2.67. The van der Waals surface area contributed by atoms with Gasteiger partial charge in [-0.15, -0.1) is 0 Å². The molecule has 0 aliphatic carbocycles. The third-order valence-corrected chi connectivity index (χ3v) is 4.10. The molecule has 0 amide bonds. The van der Waals surface area contributed by atoms with E-state index in [2.05, 4.69) is 36.5 Å². The molecular formula is C22H21NO3. The maximum Gasteiger partial charge on any atom is 0.335 e. The molecule has 0 unspecified atom stereocenters. The molecular weight excluding hydrogens is 326 g/mol. The fourth-order valence-electron chi connectivity index (χ4n) is 2.56. The molecule has 132 valence electrons. The van der Waals surface area contributed by atoms with Crippen LogP contribution in [-0.4, -0.2) is 11.1 Å². The lowest BCUT2D eigenvalue weighted by atomic mass is 10.1. The minimum Gasteiger partial charge on any atom is -0.489 e. The van der Waals surface area contributed by atoms with Crippen LogP contribution in [0.3, 0.4) is 0 Å². The summed E-state index contributed by atoms with van der Waals surface area (Å²) in [6, 6.07) is 22.9. The van der Waals surface area contributed by atoms with Crippen molar-refractivity contribution in [2.45, 2.75) is 20.1 Å². The molecule has 26 heavy (non-hydrogen) atoms. The third kappa shape index (κ3) is 4.63. The van der Waals surface area contributed by atoms with E-state index in [4.69, 9.17) is 9.84 Å². The van der Waals surface area contributed by atoms with E-state index < -0.39 is 5.97 Å². The molecule has 0 fully saturated rings. The number of benzene rings is 3. The zero-order valence-electron chi connectivity index (χ0n) is 14.6. The van der Waals surface area contributed by atoms with Crippen molar-refractivity contribution in [2.24, 2.45) is 0 Å². The first-order chi connectivity index (χ1) is 12.6. The van der Waals surface area contributed by atoms with Gasteiger partial charge in [-0.2, -0.15) is 0 Å². The number of ether oxygens (including phenoxy) is 1. The highest BCUT2D eigenvalue weighted by Crippen LogP contribution is 2.21. The summed E-state index contributed by atoms with van der Waals surface area (Å²) in [4.78, 5) is 10.9. The van der Waals surface area contributed by atoms with E-state index in [0.29, 0.717) is 13.2 Å². The van der Waals surface area contributed by atoms with Gasteiger partial charge < -0.3 is 15.2 Å². The van der Waals surface area contributed by atoms with Crippen LogP contribution in [-0.2, 0) is 13.2 Å². The molecule has 0 aliphatic rings. The van der Waals surface area contributed by atoms with E-state index in [1.807, 2.05) is 24.3 Å². The minimum absolute atomic E-state index is 0.275. The number of hydrogen-bond acceptors (Lipinski definition) is 3. The summed E-state index contributed by atoms with van der Waals surface area (Å²) >= 11 is 0. The van der Waals surface area contributed by atoms with Gasteiger partial charge in [-0.25, -0.2) is 4.79 Å². The second kappa shape index (κ2) is 8.21. The quantitative estimate of drug-likeness (QED) is 0.639. The number of carboxylic acid groups (broad SMARTS) is 1. The van der Waals surface area contributed by atoms with Crippen molar-refractivity contribution in [3.05, 3.63) is 95.1 Å². The van der Waals surface area contributed by atoms with Gasteiger partial charge in [0, 0.05) is 17.8 Å². The highest BCUT2D eigenvalue weighted by Gasteiger charge is 2.05. The van der Waals surface area contributed by atoms with Crippen molar-refractivity contribution in [2.75, 3.05) is 5.32 Å². The van der Waals surface area contributed by atoms with Crippen LogP contribution in [0.2, 0.25) is 0 Å². The van der Waals surface area contributed by atoms with Crippen molar-refractivity contribution < 1.29 is 14.6 Å². The monoisotopic (exact) mass is 347 g/mol. The van der Waals surface area contributed by atoms with Gasteiger partial charge in [0.05, 0.1) is 5.56 Å². The Morgan fingerprint density at radius 3 is 2.35 bits per heavy atom. The maximum absolute atomic E-state index is 10.9. The summed E-state index contributed by atoms with van der Waals surface area (Å²) in [7, 11) is 0. The smallest absolute Gasteiger partial charge is 0.335 e. The van der Waals surface area contributed by atoms with Crippen molar-refractivity contribution >= 4 is 11.7 Å². The highest BCUT2D eigenvalue weighted by atomic mass is 16.5. The molecule has 4 nitrogen and oxygen atoms in total. The largest absolute Gasteiger partial charge is 0.489 e. The Morgan fingerprint density at radius 2 is 1.65 bits per heavy atom. The summed E-state index contributed by atoms with van der Waals surface area (Å²) in [5.74, 6) is -0.0888. The molecule has 0 saturated heterocycles. The Kier molecular flexibility index (Phi) is 5.54. The minimum atomic E-state index is -0.925. The standard InChI is InChI=1S/C22H21NO3/c1-16-6-8-17(9-7-16)15-26-21-5-3-2-4-19(21)14-23-20-12-10-18(11-13-20)22(24)25/h2-13,23H,14-15H2,1H3,(H,24,25). The van der Waals surface area contributed by atoms with Gasteiger partial charge in [-0.1, -0.05) is 48.0 Å². The number of aromatic carboxylic acids is 1. The molecule has 0 spiro atoms. The highest BCUT2D eigenvalue weighted by molar-refractivity contribution is 5.87. The van der Waals surface area contributed by atoms with Crippen LogP contribution in [0.1, 0.15) is 27.0 Å². The number of aryl methyl sites for hydroxylation is 1. The van der Waals surface area contributed by atoms with Gasteiger partial charge in [0.25, 0.3) is 0 Å². The molecule has 4 heteroatoms. The van der Waals surface area contributed by atoms with Crippen LogP contribution in [0.15, 0.2) is 72.8 Å². The van der Waals surface area contributed by atoms with Crippen molar-refractivity contribution in [3.63, 3.8) is 0 Å². The predicted molar refractivity (Wildman–Crippen MR) is 103 cm³/mol. The summed E-state index contributed by atoms with van der Waals surface area (Å²) in [5.41, 5.74) is 4.54. The molecule has 3 rings (SSSR count). The number of anilines is 1. The van der Waals surface area contributed by atoms with E-state index in [1.165, 1.54) is 5.56 Å². The van der Waals surface area contributed by atoms with Gasteiger partial charge in [0.15, 0.2) is 0 Å². The van der Waals surface area contributed by atoms with Crippen LogP contribution in [0.4, 0.5) is 5.69 Å². The first kappa shape index (κ1) is 17.5. The number of carbonyl (C=O) groups is 1. The number of nitrogens with one attached hydrogen (secondary N) is 1. The molecule has 0 heterocycles. The van der Waals surface area contributed by atoms with Crippen LogP contribution in [0.5, 0.6) is 5.75 Å². The Hall–Kier alpha value is -3.27. The first-order valence-electron chi connectivity index (χ1n) is 8.45. The first-order valence-corrected chi connectivity index (χ1v) is 8.45. The number of para-hydroxylation sites is 1. The van der Waals surface area contributed by atoms with Crippen molar-refractivity contribution in [1.29, 1.82) is 0 Å². The lowest BCUT2D eigenvalue weighted by molar-refractivity contribution is 0.0697. The van der Waals surface area contributed by atoms with Gasteiger partial charge in [0.1, 0.15) is 12.4 Å². The van der Waals surface area contributed by atoms with E-state index in [-0.39, 0.29) is 5.56 Å². The molecule has 0 aromatic heterocycles. The fraction of sp³-hybridized carbons (Fsp3) is 0.136. The van der Waals surface area contributed by atoms with Gasteiger partial charge in [0.2, 0.25) is 0 Å². The van der Waals surface area contributed by atoms with Crippen LogP contribution < -0.4 is 10.1 Å². The molecule has 0 bridgehead atoms. The van der Waals surface area contributed by atoms with Crippen LogP contribution in [0, 0.1) is 6.92 Å². The molecule has 3 aromatic rings. The number of rotatable bonds is 7. The topological polar surface area (TPSA) is 58.6 Å². The lowest BCUT2D eigenvalue weighted by Gasteiger charge is -2.13. The SMILES string of the molecule is Cc1ccc(COc2ccccc2CNc2ccc(C(=O)O)cc2)cc1. The van der Waals surface area contributed by atoms with E-state index >= 15 is 0 Å². The van der Waals surface area contributed by atoms with Gasteiger partial charge in [-0.3, -0.25) is 0 Å². The summed E-state index contributed by atoms with van der Waals surface area (Å²) in [6.45, 7) is 3.18. The lowest BCUT2D eigenvalue weighted by Crippen LogP contribution is -2.04. The Labute approximate surface area is 153 Å². The Balaban J connectivity index is 1.63. The maximum atomic E-state index is 10.9. The van der Waals surface area contributed by atoms with Crippen molar-refractivity contribution in [1.82, 2.24) is 0 Å². The molecule has 0 saturated carbocycles. The molecule has 3 aromatic carbocycles. The summed E-state index contributed by atoms with van der Waals surface area (Å²) in [5, 5.41) is 12.3. The second-order valence-corrected chi connectivity index (χ2v) is 6.12. The third-order valence-electron chi connectivity index (χ3n) is 4.10. The second-order valence-electron chi connectivity index (χ2n) is 6.12. The summed E-state index contributed by atoms with van der Waals surface area (Å²) < 4.78 is 5.98. The Morgan fingerprint density at radius 1 is 0.962 bits per heavy atom. The predicted octanol–water partition coefficient (Wildman–Crippen LogP) is 4.88. The zero-order chi connectivity index (χ0) is 18.4. The van der Waals surface area contributed by atoms with Crippen LogP contribution >= 0.6 is 0 Å². The Bertz CT molecular complexity index is 871. The van der Waals surface area contributed by atoms with Gasteiger partial charge in [-0.05, 0) is 42.8 Å². The van der Waals surface area contributed by atoms with E-state index in [9.17, 15) is 4.79 Å². The molecule has 2 N–H and O–H groups in total. The number of carboxylic acids is 1. The molecule has 0 aliphatic heterocycles. The van der Waals surface area contributed by atoms with Gasteiger partial charge >= 0.3 is 5.97 Å². The zero-order valence-corrected chi connectivity index (χ0v) is 14.6. The molecule has 0 atom stereocenters. The van der Waals surface area contributed by atoms with E-state index in [0.717, 1.165) is 22.6 Å². The summed E-state index contributed by atoms with van der Waals surface area (Å²) in [6.07, 6.45) is 0.